The molecule has 3 aromatic carbocycles. The molecule has 0 unspecified atom stereocenters. The van der Waals surface area contributed by atoms with Gasteiger partial charge in [-0.15, -0.1) is 0 Å². The van der Waals surface area contributed by atoms with Gasteiger partial charge in [-0.1, -0.05) is 58.9 Å². The molecule has 2 heterocycles. The Morgan fingerprint density at radius 1 is 1.00 bits per heavy atom. The van der Waals surface area contributed by atoms with E-state index in [1.165, 1.54) is 17.3 Å². The van der Waals surface area contributed by atoms with Crippen molar-refractivity contribution in [3.63, 3.8) is 0 Å². The Labute approximate surface area is 236 Å². The number of halogens is 1. The van der Waals surface area contributed by atoms with Crippen molar-refractivity contribution in [3.8, 4) is 11.4 Å². The van der Waals surface area contributed by atoms with E-state index in [0.29, 0.717) is 11.5 Å². The number of benzene rings is 3. The molecule has 5 rings (SSSR count). The third-order valence-electron chi connectivity index (χ3n) is 6.56. The molecule has 0 bridgehead atoms. The molecule has 1 atom stereocenters. The van der Waals surface area contributed by atoms with Crippen LogP contribution in [0.25, 0.3) is 11.8 Å². The molecule has 1 fully saturated rings. The van der Waals surface area contributed by atoms with E-state index in [2.05, 4.69) is 94.4 Å². The van der Waals surface area contributed by atoms with Gasteiger partial charge in [0.05, 0.1) is 4.91 Å². The average molecular weight is 589 g/mol. The summed E-state index contributed by atoms with van der Waals surface area (Å²) in [6.07, 6.45) is 2.99. The van der Waals surface area contributed by atoms with E-state index in [0.717, 1.165) is 50.5 Å². The number of ether oxygens (including phenoxy) is 1. The largest absolute Gasteiger partial charge is 0.489 e. The van der Waals surface area contributed by atoms with Gasteiger partial charge < -0.3 is 19.9 Å². The topological polar surface area (TPSA) is 55.3 Å². The molecule has 1 amide bonds. The summed E-state index contributed by atoms with van der Waals surface area (Å²) in [5, 5.41) is 6.42. The van der Waals surface area contributed by atoms with Crippen molar-refractivity contribution in [2.45, 2.75) is 39.3 Å². The number of nitrogens with one attached hydrogen (secondary N) is 2. The van der Waals surface area contributed by atoms with Crippen LogP contribution in [0.2, 0.25) is 0 Å². The first-order valence-electron chi connectivity index (χ1n) is 12.6. The quantitative estimate of drug-likeness (QED) is 0.208. The maximum atomic E-state index is 12.7. The van der Waals surface area contributed by atoms with E-state index >= 15 is 0 Å². The Hall–Kier alpha value is -3.42. The van der Waals surface area contributed by atoms with Gasteiger partial charge in [0, 0.05) is 27.2 Å². The maximum absolute atomic E-state index is 12.7. The van der Waals surface area contributed by atoms with Crippen molar-refractivity contribution in [1.29, 1.82) is 0 Å². The molecule has 2 N–H and O–H groups in total. The molecule has 7 heteroatoms. The fourth-order valence-electron chi connectivity index (χ4n) is 4.46. The highest BCUT2D eigenvalue weighted by Crippen LogP contribution is 2.32. The van der Waals surface area contributed by atoms with Gasteiger partial charge in [0.25, 0.3) is 5.91 Å². The van der Waals surface area contributed by atoms with Crippen LogP contribution in [0.5, 0.6) is 5.75 Å². The summed E-state index contributed by atoms with van der Waals surface area (Å²) in [4.78, 5) is 13.4. The van der Waals surface area contributed by atoms with E-state index in [-0.39, 0.29) is 11.4 Å². The summed E-state index contributed by atoms with van der Waals surface area (Å²) in [6.45, 7) is 6.82. The van der Waals surface area contributed by atoms with Crippen LogP contribution in [0.4, 0.5) is 5.69 Å². The first-order valence-corrected chi connectivity index (χ1v) is 14.3. The molecule has 0 aliphatic carbocycles. The molecule has 1 aliphatic heterocycles. The summed E-state index contributed by atoms with van der Waals surface area (Å²) in [6, 6.07) is 26.7. The summed E-state index contributed by atoms with van der Waals surface area (Å²) >= 11 is 4.97. The van der Waals surface area contributed by atoms with Crippen LogP contribution in [0.3, 0.4) is 0 Å². The minimum absolute atomic E-state index is 0.0604. The summed E-state index contributed by atoms with van der Waals surface area (Å²) in [7, 11) is 0. The number of anilines is 1. The van der Waals surface area contributed by atoms with Gasteiger partial charge in [-0.3, -0.25) is 4.79 Å². The van der Waals surface area contributed by atoms with Crippen molar-refractivity contribution in [3.05, 3.63) is 116 Å². The van der Waals surface area contributed by atoms with E-state index < -0.39 is 0 Å². The van der Waals surface area contributed by atoms with Gasteiger partial charge in [-0.2, -0.15) is 0 Å². The van der Waals surface area contributed by atoms with E-state index in [1.807, 2.05) is 42.5 Å². The number of amides is 1. The lowest BCUT2D eigenvalue weighted by molar-refractivity contribution is -0.116. The predicted molar refractivity (Wildman–Crippen MR) is 161 cm³/mol. The SMILES string of the molecule is CCc1ccc(N[C@@H]2NC(=O)/C(=C/c3cc(C)n(-c4ccc(OCc5ccc(Br)cc5)cc4)c3C)S2)cc1. The zero-order valence-corrected chi connectivity index (χ0v) is 24.0. The third kappa shape index (κ3) is 6.00. The number of carbonyl (C=O) groups excluding carboxylic acids is 1. The summed E-state index contributed by atoms with van der Waals surface area (Å²) in [5.74, 6) is 0.762. The molecule has 0 spiro atoms. The number of thioether (sulfide) groups is 1. The number of hydrogen-bond donors (Lipinski definition) is 2. The standard InChI is InChI=1S/C31H30BrN3O2S/c1-4-22-7-11-26(12-8-22)33-31-34-30(36)29(38-31)18-24-17-20(2)35(21(24)3)27-13-15-28(16-14-27)37-19-23-5-9-25(32)10-6-23/h5-18,31,33H,4,19H2,1-3H3,(H,34,36)/b29-18-/t31-/m1/s1. The molecule has 194 valence electrons. The lowest BCUT2D eigenvalue weighted by Gasteiger charge is -2.13. The summed E-state index contributed by atoms with van der Waals surface area (Å²) < 4.78 is 9.22. The van der Waals surface area contributed by atoms with Gasteiger partial charge in [-0.25, -0.2) is 0 Å². The highest BCUT2D eigenvalue weighted by molar-refractivity contribution is 9.10. The van der Waals surface area contributed by atoms with Crippen LogP contribution in [0.1, 0.15) is 35.0 Å². The fraction of sp³-hybridized carbons (Fsp3) is 0.194. The van der Waals surface area contributed by atoms with Crippen LogP contribution in [0.15, 0.2) is 88.2 Å². The second-order valence-electron chi connectivity index (χ2n) is 9.25. The molecule has 4 aromatic rings. The van der Waals surface area contributed by atoms with Crippen LogP contribution in [-0.4, -0.2) is 16.0 Å². The van der Waals surface area contributed by atoms with Crippen molar-refractivity contribution in [2.75, 3.05) is 5.32 Å². The number of nitrogens with zero attached hydrogens (tertiary/aromatic N) is 1. The number of aryl methyl sites for hydroxylation is 2. The van der Waals surface area contributed by atoms with Crippen molar-refractivity contribution in [1.82, 2.24) is 9.88 Å². The monoisotopic (exact) mass is 587 g/mol. The van der Waals surface area contributed by atoms with Gasteiger partial charge in [0.1, 0.15) is 12.4 Å². The van der Waals surface area contributed by atoms with Crippen molar-refractivity contribution >= 4 is 45.4 Å². The van der Waals surface area contributed by atoms with Crippen LogP contribution in [0, 0.1) is 13.8 Å². The highest BCUT2D eigenvalue weighted by Gasteiger charge is 2.27. The lowest BCUT2D eigenvalue weighted by atomic mass is 10.1. The number of aromatic nitrogens is 1. The third-order valence-corrected chi connectivity index (χ3v) is 8.12. The number of hydrogen-bond acceptors (Lipinski definition) is 4. The molecule has 1 aliphatic rings. The number of carbonyl (C=O) groups is 1. The number of rotatable bonds is 8. The molecular formula is C31H30BrN3O2S. The van der Waals surface area contributed by atoms with Gasteiger partial charge in [-0.05, 0) is 97.6 Å². The Bertz CT molecular complexity index is 1460. The molecule has 1 saturated heterocycles. The average Bonchev–Trinajstić information content (AvgIpc) is 3.41. The smallest absolute Gasteiger partial charge is 0.260 e. The van der Waals surface area contributed by atoms with Crippen LogP contribution < -0.4 is 15.4 Å². The van der Waals surface area contributed by atoms with E-state index in [4.69, 9.17) is 4.74 Å². The van der Waals surface area contributed by atoms with Crippen molar-refractivity contribution < 1.29 is 9.53 Å². The van der Waals surface area contributed by atoms with Crippen molar-refractivity contribution in [2.24, 2.45) is 0 Å². The second kappa shape index (κ2) is 11.5. The molecule has 1 aromatic heterocycles. The zero-order chi connectivity index (χ0) is 26.6. The highest BCUT2D eigenvalue weighted by atomic mass is 79.9. The zero-order valence-electron chi connectivity index (χ0n) is 21.6. The molecule has 0 radical (unpaired) electrons. The maximum Gasteiger partial charge on any atom is 0.260 e. The second-order valence-corrected chi connectivity index (χ2v) is 11.3. The predicted octanol–water partition coefficient (Wildman–Crippen LogP) is 7.60. The molecule has 0 saturated carbocycles. The first-order chi connectivity index (χ1) is 18.4. The lowest BCUT2D eigenvalue weighted by Crippen LogP contribution is -2.30. The van der Waals surface area contributed by atoms with E-state index in [9.17, 15) is 4.79 Å². The Morgan fingerprint density at radius 2 is 1.68 bits per heavy atom. The molecular weight excluding hydrogens is 558 g/mol. The van der Waals surface area contributed by atoms with E-state index in [1.54, 1.807) is 0 Å². The minimum atomic E-state index is -0.199. The normalized spacial score (nSPS) is 16.1. The van der Waals surface area contributed by atoms with Gasteiger partial charge >= 0.3 is 0 Å². The Balaban J connectivity index is 1.27. The summed E-state index contributed by atoms with van der Waals surface area (Å²) in [5.41, 5.74) is 7.47. The molecule has 38 heavy (non-hydrogen) atoms. The Morgan fingerprint density at radius 3 is 2.37 bits per heavy atom. The van der Waals surface area contributed by atoms with Gasteiger partial charge in [0.2, 0.25) is 0 Å². The fourth-order valence-corrected chi connectivity index (χ4v) is 5.70. The van der Waals surface area contributed by atoms with Gasteiger partial charge in [0.15, 0.2) is 5.50 Å². The van der Waals surface area contributed by atoms with Crippen LogP contribution >= 0.6 is 27.7 Å². The minimum Gasteiger partial charge on any atom is -0.489 e. The first kappa shape index (κ1) is 26.2. The Kier molecular flexibility index (Phi) is 7.95. The molecule has 5 nitrogen and oxygen atoms in total. The van der Waals surface area contributed by atoms with Crippen LogP contribution in [-0.2, 0) is 17.8 Å².